The number of rotatable bonds is 6. The molecule has 0 saturated carbocycles. The van der Waals surface area contributed by atoms with E-state index in [1.54, 1.807) is 17.8 Å². The Labute approximate surface area is 117 Å². The van der Waals surface area contributed by atoms with E-state index in [0.29, 0.717) is 11.7 Å². The van der Waals surface area contributed by atoms with Crippen LogP contribution in [0.5, 0.6) is 0 Å². The van der Waals surface area contributed by atoms with Crippen molar-refractivity contribution in [2.45, 2.75) is 4.90 Å². The lowest BCUT2D eigenvalue weighted by Crippen LogP contribution is -2.36. The fraction of sp³-hybridized carbons (Fsp3) is 0.250. The van der Waals surface area contributed by atoms with Crippen LogP contribution in [0.1, 0.15) is 0 Å². The van der Waals surface area contributed by atoms with Gasteiger partial charge in [0.25, 0.3) is 0 Å². The Bertz CT molecular complexity index is 365. The maximum Gasteiger partial charge on any atom is 0.166 e. The van der Waals surface area contributed by atoms with Crippen LogP contribution in [0.4, 0.5) is 0 Å². The van der Waals surface area contributed by atoms with E-state index in [2.05, 4.69) is 17.2 Å². The summed E-state index contributed by atoms with van der Waals surface area (Å²) in [4.78, 5) is 1.21. The summed E-state index contributed by atoms with van der Waals surface area (Å²) in [6, 6.07) is 7.82. The van der Waals surface area contributed by atoms with Crippen molar-refractivity contribution < 1.29 is 0 Å². The minimum Gasteiger partial charge on any atom is -0.362 e. The predicted octanol–water partition coefficient (Wildman–Crippen LogP) is 3.08. The van der Waals surface area contributed by atoms with E-state index in [9.17, 15) is 0 Å². The first kappa shape index (κ1) is 14.4. The lowest BCUT2D eigenvalue weighted by atomic mass is 10.4. The van der Waals surface area contributed by atoms with Gasteiger partial charge in [-0.1, -0.05) is 17.7 Å². The summed E-state index contributed by atoms with van der Waals surface area (Å²) < 4.78 is 0. The first-order valence-electron chi connectivity index (χ1n) is 5.23. The Balaban J connectivity index is 2.13. The molecule has 17 heavy (non-hydrogen) atoms. The molecule has 0 atom stereocenters. The molecule has 1 aromatic rings. The molecule has 0 bridgehead atoms. The smallest absolute Gasteiger partial charge is 0.166 e. The minimum absolute atomic E-state index is 0.668. The highest BCUT2D eigenvalue weighted by Crippen LogP contribution is 2.19. The van der Waals surface area contributed by atoms with E-state index in [0.717, 1.165) is 17.3 Å². The molecule has 0 spiro atoms. The molecule has 0 amide bonds. The summed E-state index contributed by atoms with van der Waals surface area (Å²) in [5.74, 6) is 0.956. The van der Waals surface area contributed by atoms with Gasteiger partial charge in [0.1, 0.15) is 0 Å². The molecule has 0 heterocycles. The maximum atomic E-state index is 5.81. The fourth-order valence-electron chi connectivity index (χ4n) is 1.09. The summed E-state index contributed by atoms with van der Waals surface area (Å²) in [5, 5.41) is 7.57. The number of thioether (sulfide) groups is 1. The van der Waals surface area contributed by atoms with E-state index in [4.69, 9.17) is 23.8 Å². The second kappa shape index (κ2) is 8.39. The molecule has 92 valence electrons. The Morgan fingerprint density at radius 3 is 2.71 bits per heavy atom. The monoisotopic (exact) mass is 286 g/mol. The zero-order valence-electron chi connectivity index (χ0n) is 9.41. The molecular formula is C12H15ClN2S2. The summed E-state index contributed by atoms with van der Waals surface area (Å²) in [7, 11) is 0. The fourth-order valence-corrected chi connectivity index (χ4v) is 2.17. The van der Waals surface area contributed by atoms with Gasteiger partial charge in [-0.2, -0.15) is 0 Å². The van der Waals surface area contributed by atoms with Crippen LogP contribution in [0.2, 0.25) is 5.02 Å². The van der Waals surface area contributed by atoms with Crippen molar-refractivity contribution in [1.29, 1.82) is 0 Å². The van der Waals surface area contributed by atoms with Crippen LogP contribution in [-0.2, 0) is 0 Å². The van der Waals surface area contributed by atoms with Gasteiger partial charge in [0, 0.05) is 28.8 Å². The van der Waals surface area contributed by atoms with Gasteiger partial charge in [0.2, 0.25) is 0 Å². The molecule has 0 aromatic heterocycles. The van der Waals surface area contributed by atoms with Crippen LogP contribution in [0.25, 0.3) is 0 Å². The molecule has 0 fully saturated rings. The van der Waals surface area contributed by atoms with Crippen molar-refractivity contribution in [3.8, 4) is 0 Å². The number of nitrogens with one attached hydrogen (secondary N) is 2. The average molecular weight is 287 g/mol. The molecule has 2 nitrogen and oxygen atoms in total. The molecule has 2 N–H and O–H groups in total. The third-order valence-electron chi connectivity index (χ3n) is 1.88. The SMILES string of the molecule is C=CCNC(=S)NCCSc1ccc(Cl)cc1. The van der Waals surface area contributed by atoms with Gasteiger partial charge in [-0.05, 0) is 36.5 Å². The van der Waals surface area contributed by atoms with Crippen molar-refractivity contribution in [2.24, 2.45) is 0 Å². The molecule has 0 radical (unpaired) electrons. The zero-order chi connectivity index (χ0) is 12.5. The predicted molar refractivity (Wildman–Crippen MR) is 81.0 cm³/mol. The Hall–Kier alpha value is -0.710. The van der Waals surface area contributed by atoms with Crippen molar-refractivity contribution in [1.82, 2.24) is 10.6 Å². The highest BCUT2D eigenvalue weighted by Gasteiger charge is 1.95. The van der Waals surface area contributed by atoms with Gasteiger partial charge in [-0.25, -0.2) is 0 Å². The standard InChI is InChI=1S/C12H15ClN2S2/c1-2-7-14-12(16)15-8-9-17-11-5-3-10(13)4-6-11/h2-6H,1,7-9H2,(H2,14,15,16). The molecule has 1 rings (SSSR count). The third-order valence-corrected chi connectivity index (χ3v) is 3.43. The average Bonchev–Trinajstić information content (AvgIpc) is 2.34. The van der Waals surface area contributed by atoms with Gasteiger partial charge in [-0.3, -0.25) is 0 Å². The van der Waals surface area contributed by atoms with Crippen LogP contribution in [0.15, 0.2) is 41.8 Å². The van der Waals surface area contributed by atoms with Crippen LogP contribution in [0, 0.1) is 0 Å². The molecule has 0 aliphatic carbocycles. The summed E-state index contributed by atoms with van der Waals surface area (Å²) in [6.07, 6.45) is 1.77. The van der Waals surface area contributed by atoms with Crippen molar-refractivity contribution in [3.63, 3.8) is 0 Å². The van der Waals surface area contributed by atoms with Gasteiger partial charge in [-0.15, -0.1) is 18.3 Å². The van der Waals surface area contributed by atoms with Gasteiger partial charge < -0.3 is 10.6 Å². The topological polar surface area (TPSA) is 24.1 Å². The van der Waals surface area contributed by atoms with E-state index < -0.39 is 0 Å². The second-order valence-corrected chi connectivity index (χ2v) is 5.24. The quantitative estimate of drug-likeness (QED) is 0.363. The zero-order valence-corrected chi connectivity index (χ0v) is 11.8. The maximum absolute atomic E-state index is 5.81. The van der Waals surface area contributed by atoms with Crippen LogP contribution in [0.3, 0.4) is 0 Å². The van der Waals surface area contributed by atoms with Gasteiger partial charge in [0.15, 0.2) is 5.11 Å². The Kier molecular flexibility index (Phi) is 7.08. The number of benzene rings is 1. The summed E-state index contributed by atoms with van der Waals surface area (Å²) in [6.45, 7) is 5.13. The van der Waals surface area contributed by atoms with Crippen LogP contribution >= 0.6 is 35.6 Å². The first-order chi connectivity index (χ1) is 8.22. The molecule has 0 aliphatic heterocycles. The molecule has 0 aliphatic rings. The highest BCUT2D eigenvalue weighted by atomic mass is 35.5. The second-order valence-electron chi connectivity index (χ2n) is 3.23. The summed E-state index contributed by atoms with van der Waals surface area (Å²) in [5.41, 5.74) is 0. The van der Waals surface area contributed by atoms with Gasteiger partial charge >= 0.3 is 0 Å². The van der Waals surface area contributed by atoms with Crippen LogP contribution < -0.4 is 10.6 Å². The molecule has 0 saturated heterocycles. The number of thiocarbonyl (C=S) groups is 1. The lowest BCUT2D eigenvalue weighted by Gasteiger charge is -2.08. The van der Waals surface area contributed by atoms with Crippen LogP contribution in [-0.4, -0.2) is 24.0 Å². The molecule has 5 heteroatoms. The molecule has 0 unspecified atom stereocenters. The largest absolute Gasteiger partial charge is 0.362 e. The van der Waals surface area contributed by atoms with E-state index >= 15 is 0 Å². The lowest BCUT2D eigenvalue weighted by molar-refractivity contribution is 0.915. The number of hydrogen-bond donors (Lipinski definition) is 2. The minimum atomic E-state index is 0.668. The van der Waals surface area contributed by atoms with E-state index in [1.165, 1.54) is 4.90 Å². The van der Waals surface area contributed by atoms with Crippen molar-refractivity contribution in [2.75, 3.05) is 18.8 Å². The van der Waals surface area contributed by atoms with Crippen molar-refractivity contribution in [3.05, 3.63) is 41.9 Å². The Morgan fingerprint density at radius 2 is 2.06 bits per heavy atom. The molecule has 1 aromatic carbocycles. The Morgan fingerprint density at radius 1 is 1.35 bits per heavy atom. The van der Waals surface area contributed by atoms with Crippen molar-refractivity contribution >= 4 is 40.7 Å². The number of halogens is 1. The summed E-state index contributed by atoms with van der Waals surface area (Å²) >= 11 is 12.6. The van der Waals surface area contributed by atoms with E-state index in [1.807, 2.05) is 24.3 Å². The normalized spacial score (nSPS) is 9.71. The highest BCUT2D eigenvalue weighted by molar-refractivity contribution is 7.99. The molecular weight excluding hydrogens is 272 g/mol. The number of hydrogen-bond acceptors (Lipinski definition) is 2. The third kappa shape index (κ3) is 6.56. The van der Waals surface area contributed by atoms with Gasteiger partial charge in [0.05, 0.1) is 0 Å². The first-order valence-corrected chi connectivity index (χ1v) is 7.00. The van der Waals surface area contributed by atoms with E-state index in [-0.39, 0.29) is 0 Å².